The topological polar surface area (TPSA) is 125 Å². The number of carbonyl (C=O) groups is 3. The van der Waals surface area contributed by atoms with Crippen molar-refractivity contribution in [2.24, 2.45) is 0 Å². The molecule has 29 heavy (non-hydrogen) atoms. The lowest BCUT2D eigenvalue weighted by molar-refractivity contribution is -0.150. The molecule has 0 aliphatic carbocycles. The molecule has 0 aromatic heterocycles. The minimum atomic E-state index is -3.67. The molecule has 0 spiro atoms. The van der Waals surface area contributed by atoms with Crippen LogP contribution in [0.25, 0.3) is 0 Å². The Labute approximate surface area is 172 Å². The van der Waals surface area contributed by atoms with E-state index in [-0.39, 0.29) is 49.1 Å². The summed E-state index contributed by atoms with van der Waals surface area (Å²) in [5, 5.41) is 0.440. The number of hydrogen-bond donors (Lipinski definition) is 2. The molecule has 2 aliphatic rings. The van der Waals surface area contributed by atoms with Gasteiger partial charge in [0.1, 0.15) is 5.70 Å². The Morgan fingerprint density at radius 3 is 2.31 bits per heavy atom. The molecule has 0 saturated carbocycles. The minimum Gasteiger partial charge on any atom is -0.451 e. The number of nitrogens with zero attached hydrogens (tertiary/aromatic N) is 2. The zero-order chi connectivity index (χ0) is 21.0. The Bertz CT molecular complexity index is 939. The Morgan fingerprint density at radius 2 is 1.72 bits per heavy atom. The highest BCUT2D eigenvalue weighted by molar-refractivity contribution is 7.89. The van der Waals surface area contributed by atoms with Gasteiger partial charge in [0, 0.05) is 37.6 Å². The number of halogens is 1. The summed E-state index contributed by atoms with van der Waals surface area (Å²) in [4.78, 5) is 36.7. The maximum atomic E-state index is 12.7. The van der Waals surface area contributed by atoms with Gasteiger partial charge in [-0.1, -0.05) is 11.6 Å². The quantitative estimate of drug-likeness (QED) is 0.595. The molecule has 0 unspecified atom stereocenters. The van der Waals surface area contributed by atoms with E-state index >= 15 is 0 Å². The fourth-order valence-electron chi connectivity index (χ4n) is 2.80. The maximum absolute atomic E-state index is 12.7. The summed E-state index contributed by atoms with van der Waals surface area (Å²) in [6.07, 6.45) is 1.40. The van der Waals surface area contributed by atoms with E-state index in [9.17, 15) is 22.8 Å². The zero-order valence-electron chi connectivity index (χ0n) is 15.3. The van der Waals surface area contributed by atoms with Crippen molar-refractivity contribution in [1.82, 2.24) is 20.1 Å². The highest BCUT2D eigenvalue weighted by Crippen LogP contribution is 2.20. The van der Waals surface area contributed by atoms with Crippen LogP contribution in [0.3, 0.4) is 0 Å². The summed E-state index contributed by atoms with van der Waals surface area (Å²) in [5.74, 6) is -1.48. The van der Waals surface area contributed by atoms with Gasteiger partial charge in [0.2, 0.25) is 15.9 Å². The molecule has 3 rings (SSSR count). The Morgan fingerprint density at radius 1 is 1.07 bits per heavy atom. The third kappa shape index (κ3) is 5.05. The van der Waals surface area contributed by atoms with Crippen LogP contribution in [0.5, 0.6) is 0 Å². The SMILES string of the molecule is O=C1CC=C(C(=O)OCC(=O)N2CCN(S(=O)(=O)c3ccc(Cl)cc3)CC2)NN1. The molecule has 156 valence electrons. The van der Waals surface area contributed by atoms with Crippen molar-refractivity contribution in [3.05, 3.63) is 41.1 Å². The van der Waals surface area contributed by atoms with Gasteiger partial charge in [0.25, 0.3) is 5.91 Å². The summed E-state index contributed by atoms with van der Waals surface area (Å²) < 4.78 is 31.6. The van der Waals surface area contributed by atoms with E-state index in [2.05, 4.69) is 10.9 Å². The van der Waals surface area contributed by atoms with Crippen LogP contribution in [0, 0.1) is 0 Å². The first-order valence-corrected chi connectivity index (χ1v) is 10.5. The molecule has 1 fully saturated rings. The van der Waals surface area contributed by atoms with Crippen LogP contribution in [-0.2, 0) is 29.1 Å². The second kappa shape index (κ2) is 8.80. The first-order valence-electron chi connectivity index (χ1n) is 8.73. The Balaban J connectivity index is 1.50. The number of hydrazine groups is 1. The molecule has 1 aromatic rings. The van der Waals surface area contributed by atoms with Crippen molar-refractivity contribution < 1.29 is 27.5 Å². The lowest BCUT2D eigenvalue weighted by Crippen LogP contribution is -2.51. The number of sulfonamides is 1. The molecule has 2 heterocycles. The fraction of sp³-hybridized carbons (Fsp3) is 0.353. The van der Waals surface area contributed by atoms with Gasteiger partial charge in [-0.25, -0.2) is 13.2 Å². The van der Waals surface area contributed by atoms with Crippen LogP contribution in [-0.4, -0.2) is 68.2 Å². The summed E-state index contributed by atoms with van der Waals surface area (Å²) in [6, 6.07) is 5.88. The van der Waals surface area contributed by atoms with Gasteiger partial charge in [0.15, 0.2) is 6.61 Å². The van der Waals surface area contributed by atoms with Crippen molar-refractivity contribution in [1.29, 1.82) is 0 Å². The number of hydrogen-bond acceptors (Lipinski definition) is 7. The van der Waals surface area contributed by atoms with Gasteiger partial charge in [-0.15, -0.1) is 0 Å². The normalized spacial score (nSPS) is 17.8. The summed E-state index contributed by atoms with van der Waals surface area (Å²) in [6.45, 7) is 0.142. The second-order valence-corrected chi connectivity index (χ2v) is 8.68. The lowest BCUT2D eigenvalue weighted by atomic mass is 10.3. The highest BCUT2D eigenvalue weighted by atomic mass is 35.5. The molecule has 0 bridgehead atoms. The monoisotopic (exact) mass is 442 g/mol. The fourth-order valence-corrected chi connectivity index (χ4v) is 4.35. The average Bonchev–Trinajstić information content (AvgIpc) is 2.72. The van der Waals surface area contributed by atoms with Crippen molar-refractivity contribution in [2.75, 3.05) is 32.8 Å². The number of ether oxygens (including phenoxy) is 1. The van der Waals surface area contributed by atoms with Crippen molar-refractivity contribution in [3.63, 3.8) is 0 Å². The third-order valence-electron chi connectivity index (χ3n) is 4.42. The zero-order valence-corrected chi connectivity index (χ0v) is 16.8. The lowest BCUT2D eigenvalue weighted by Gasteiger charge is -2.33. The van der Waals surface area contributed by atoms with E-state index < -0.39 is 28.5 Å². The minimum absolute atomic E-state index is 0.0371. The summed E-state index contributed by atoms with van der Waals surface area (Å²) in [7, 11) is -3.67. The van der Waals surface area contributed by atoms with Crippen LogP contribution < -0.4 is 10.9 Å². The molecule has 2 aliphatic heterocycles. The molecule has 2 amide bonds. The predicted molar refractivity (Wildman–Crippen MR) is 102 cm³/mol. The number of amides is 2. The standard InChI is InChI=1S/C17H19ClN4O6S/c18-12-1-3-13(4-2-12)29(26,27)22-9-7-21(8-10-22)16(24)11-28-17(25)14-5-6-15(23)20-19-14/h1-5,19H,6-11H2,(H,20,23). The average molecular weight is 443 g/mol. The number of rotatable bonds is 5. The molecular weight excluding hydrogens is 424 g/mol. The van der Waals surface area contributed by atoms with Crippen LogP contribution in [0.4, 0.5) is 0 Å². The van der Waals surface area contributed by atoms with Crippen LogP contribution in [0.1, 0.15) is 6.42 Å². The second-order valence-electron chi connectivity index (χ2n) is 6.31. The number of piperazine rings is 1. The van der Waals surface area contributed by atoms with E-state index in [1.54, 1.807) is 0 Å². The van der Waals surface area contributed by atoms with E-state index in [0.29, 0.717) is 5.02 Å². The Kier molecular flexibility index (Phi) is 6.40. The molecular formula is C17H19ClN4O6S. The van der Waals surface area contributed by atoms with Gasteiger partial charge >= 0.3 is 5.97 Å². The van der Waals surface area contributed by atoms with Gasteiger partial charge in [-0.05, 0) is 30.3 Å². The first-order chi connectivity index (χ1) is 13.8. The highest BCUT2D eigenvalue weighted by Gasteiger charge is 2.30. The molecule has 0 radical (unpaired) electrons. The Hall–Kier alpha value is -2.63. The number of carbonyl (C=O) groups excluding carboxylic acids is 3. The molecule has 10 nitrogen and oxygen atoms in total. The van der Waals surface area contributed by atoms with E-state index in [4.69, 9.17) is 16.3 Å². The maximum Gasteiger partial charge on any atom is 0.356 e. The van der Waals surface area contributed by atoms with Crippen LogP contribution in [0.15, 0.2) is 40.9 Å². The van der Waals surface area contributed by atoms with Gasteiger partial charge < -0.3 is 9.64 Å². The third-order valence-corrected chi connectivity index (χ3v) is 6.58. The number of nitrogens with one attached hydrogen (secondary N) is 2. The van der Waals surface area contributed by atoms with Crippen LogP contribution in [0.2, 0.25) is 5.02 Å². The molecule has 1 aromatic carbocycles. The van der Waals surface area contributed by atoms with Gasteiger partial charge in [-0.2, -0.15) is 4.31 Å². The van der Waals surface area contributed by atoms with Crippen molar-refractivity contribution in [3.8, 4) is 0 Å². The van der Waals surface area contributed by atoms with Gasteiger partial charge in [-0.3, -0.25) is 20.4 Å². The number of esters is 1. The summed E-state index contributed by atoms with van der Waals surface area (Å²) >= 11 is 5.80. The molecule has 1 saturated heterocycles. The number of benzene rings is 1. The molecule has 0 atom stereocenters. The summed E-state index contributed by atoms with van der Waals surface area (Å²) in [5.41, 5.74) is 4.72. The molecule has 2 N–H and O–H groups in total. The van der Waals surface area contributed by atoms with Crippen molar-refractivity contribution in [2.45, 2.75) is 11.3 Å². The van der Waals surface area contributed by atoms with Crippen LogP contribution >= 0.6 is 11.6 Å². The van der Waals surface area contributed by atoms with Crippen molar-refractivity contribution >= 4 is 39.4 Å². The van der Waals surface area contributed by atoms with E-state index in [1.807, 2.05) is 0 Å². The van der Waals surface area contributed by atoms with E-state index in [1.165, 1.54) is 39.5 Å². The predicted octanol–water partition coefficient (Wildman–Crippen LogP) is -0.375. The molecule has 12 heteroatoms. The first kappa shape index (κ1) is 21.1. The largest absolute Gasteiger partial charge is 0.451 e. The smallest absolute Gasteiger partial charge is 0.356 e. The van der Waals surface area contributed by atoms with E-state index in [0.717, 1.165) is 0 Å². The van der Waals surface area contributed by atoms with Gasteiger partial charge in [0.05, 0.1) is 4.90 Å².